The summed E-state index contributed by atoms with van der Waals surface area (Å²) in [6, 6.07) is 9.40. The summed E-state index contributed by atoms with van der Waals surface area (Å²) in [7, 11) is 0. The molecule has 1 aromatic carbocycles. The van der Waals surface area contributed by atoms with Crippen molar-refractivity contribution in [2.75, 3.05) is 5.73 Å². The summed E-state index contributed by atoms with van der Waals surface area (Å²) >= 11 is 7.56. The first kappa shape index (κ1) is 11.2. The minimum absolute atomic E-state index is 0.483. The van der Waals surface area contributed by atoms with Crippen LogP contribution >= 0.6 is 23.4 Å². The first-order chi connectivity index (χ1) is 7.75. The summed E-state index contributed by atoms with van der Waals surface area (Å²) in [6.45, 7) is 0. The first-order valence-electron chi connectivity index (χ1n) is 4.70. The topological polar surface area (TPSA) is 51.8 Å². The minimum atomic E-state index is 0.483. The van der Waals surface area contributed by atoms with Crippen LogP contribution in [0.25, 0.3) is 0 Å². The van der Waals surface area contributed by atoms with E-state index >= 15 is 0 Å². The molecular weight excluding hydrogens is 242 g/mol. The third-order valence-electron chi connectivity index (χ3n) is 1.97. The first-order valence-corrected chi connectivity index (χ1v) is 6.07. The molecule has 0 bridgehead atoms. The highest BCUT2D eigenvalue weighted by molar-refractivity contribution is 7.98. The number of hydrogen-bond acceptors (Lipinski definition) is 4. The molecule has 0 amide bonds. The van der Waals surface area contributed by atoms with Gasteiger partial charge in [0.1, 0.15) is 5.82 Å². The van der Waals surface area contributed by atoms with E-state index in [4.69, 9.17) is 17.3 Å². The molecule has 0 unspecified atom stereocenters. The molecule has 1 heterocycles. The lowest BCUT2D eigenvalue weighted by Crippen LogP contribution is -1.93. The van der Waals surface area contributed by atoms with Crippen LogP contribution in [0.1, 0.15) is 5.56 Å². The van der Waals surface area contributed by atoms with E-state index in [9.17, 15) is 0 Å². The highest BCUT2D eigenvalue weighted by Gasteiger charge is 2.02. The van der Waals surface area contributed by atoms with Crippen molar-refractivity contribution in [2.45, 2.75) is 10.9 Å². The zero-order valence-electron chi connectivity index (χ0n) is 8.43. The predicted molar refractivity (Wildman–Crippen MR) is 67.5 cm³/mol. The fraction of sp³-hybridized carbons (Fsp3) is 0.0909. The molecule has 0 aliphatic heterocycles. The summed E-state index contributed by atoms with van der Waals surface area (Å²) in [5.74, 6) is 1.22. The second-order valence-electron chi connectivity index (χ2n) is 3.14. The van der Waals surface area contributed by atoms with E-state index in [2.05, 4.69) is 9.97 Å². The van der Waals surface area contributed by atoms with Crippen LogP contribution in [0.3, 0.4) is 0 Å². The highest BCUT2D eigenvalue weighted by atomic mass is 35.5. The molecule has 5 heteroatoms. The van der Waals surface area contributed by atoms with Crippen LogP contribution in [0.5, 0.6) is 0 Å². The molecule has 0 spiro atoms. The van der Waals surface area contributed by atoms with Crippen LogP contribution in [-0.4, -0.2) is 9.97 Å². The molecular formula is C11H10ClN3S. The number of aromatic nitrogens is 2. The normalized spacial score (nSPS) is 10.3. The van der Waals surface area contributed by atoms with Crippen molar-refractivity contribution in [3.63, 3.8) is 0 Å². The number of benzene rings is 1. The lowest BCUT2D eigenvalue weighted by molar-refractivity contribution is 0.975. The molecule has 2 rings (SSSR count). The number of thioether (sulfide) groups is 1. The van der Waals surface area contributed by atoms with Gasteiger partial charge >= 0.3 is 0 Å². The smallest absolute Gasteiger partial charge is 0.189 e. The lowest BCUT2D eigenvalue weighted by Gasteiger charge is -2.03. The van der Waals surface area contributed by atoms with Gasteiger partial charge in [0, 0.05) is 17.0 Å². The molecule has 0 saturated heterocycles. The maximum Gasteiger partial charge on any atom is 0.189 e. The third-order valence-corrected chi connectivity index (χ3v) is 3.25. The Kier molecular flexibility index (Phi) is 3.64. The van der Waals surface area contributed by atoms with Gasteiger partial charge in [-0.05, 0) is 17.7 Å². The Morgan fingerprint density at radius 2 is 2.06 bits per heavy atom. The zero-order valence-corrected chi connectivity index (χ0v) is 10.0. The minimum Gasteiger partial charge on any atom is -0.384 e. The van der Waals surface area contributed by atoms with Crippen molar-refractivity contribution in [3.8, 4) is 0 Å². The Morgan fingerprint density at radius 3 is 2.81 bits per heavy atom. The molecule has 2 aromatic rings. The van der Waals surface area contributed by atoms with Crippen molar-refractivity contribution in [3.05, 3.63) is 47.1 Å². The van der Waals surface area contributed by atoms with Crippen LogP contribution in [0.15, 0.2) is 41.7 Å². The molecule has 2 N–H and O–H groups in total. The molecule has 0 saturated carbocycles. The van der Waals surface area contributed by atoms with Gasteiger partial charge in [-0.1, -0.05) is 41.6 Å². The highest BCUT2D eigenvalue weighted by Crippen LogP contribution is 2.24. The van der Waals surface area contributed by atoms with Crippen molar-refractivity contribution < 1.29 is 0 Å². The second-order valence-corrected chi connectivity index (χ2v) is 4.49. The summed E-state index contributed by atoms with van der Waals surface area (Å²) in [5, 5.41) is 1.43. The van der Waals surface area contributed by atoms with Crippen molar-refractivity contribution >= 4 is 29.2 Å². The summed E-state index contributed by atoms with van der Waals surface area (Å²) < 4.78 is 0. The van der Waals surface area contributed by atoms with E-state index in [1.54, 1.807) is 12.3 Å². The van der Waals surface area contributed by atoms with Crippen molar-refractivity contribution in [1.82, 2.24) is 9.97 Å². The van der Waals surface area contributed by atoms with Gasteiger partial charge in [-0.15, -0.1) is 0 Å². The molecule has 0 radical (unpaired) electrons. The monoisotopic (exact) mass is 251 g/mol. The third kappa shape index (κ3) is 2.87. The van der Waals surface area contributed by atoms with Crippen LogP contribution in [0.2, 0.25) is 5.02 Å². The molecule has 0 aliphatic carbocycles. The Hall–Kier alpha value is -1.26. The summed E-state index contributed by atoms with van der Waals surface area (Å²) in [5.41, 5.74) is 6.64. The van der Waals surface area contributed by atoms with Gasteiger partial charge in [-0.2, -0.15) is 0 Å². The Morgan fingerprint density at radius 1 is 1.25 bits per heavy atom. The number of nitrogen functional groups attached to an aromatic ring is 1. The number of nitrogens with two attached hydrogens (primary N) is 1. The SMILES string of the molecule is Nc1ccnc(SCc2ccccc2Cl)n1. The van der Waals surface area contributed by atoms with Crippen LogP contribution in [-0.2, 0) is 5.75 Å². The molecule has 0 fully saturated rings. The van der Waals surface area contributed by atoms with E-state index in [-0.39, 0.29) is 0 Å². The van der Waals surface area contributed by atoms with Crippen molar-refractivity contribution in [2.24, 2.45) is 0 Å². The van der Waals surface area contributed by atoms with Gasteiger partial charge in [0.05, 0.1) is 0 Å². The average Bonchev–Trinajstić information content (AvgIpc) is 2.28. The van der Waals surface area contributed by atoms with Crippen LogP contribution in [0, 0.1) is 0 Å². The Labute approximate surface area is 103 Å². The lowest BCUT2D eigenvalue weighted by atomic mass is 10.2. The Bertz CT molecular complexity index is 490. The molecule has 0 aliphatic rings. The average molecular weight is 252 g/mol. The largest absolute Gasteiger partial charge is 0.384 e. The van der Waals surface area contributed by atoms with E-state index in [1.807, 2.05) is 24.3 Å². The standard InChI is InChI=1S/C11H10ClN3S/c12-9-4-2-1-3-8(9)7-16-11-14-6-5-10(13)15-11/h1-6H,7H2,(H2,13,14,15). The van der Waals surface area contributed by atoms with Gasteiger partial charge < -0.3 is 5.73 Å². The summed E-state index contributed by atoms with van der Waals surface area (Å²) in [6.07, 6.45) is 1.65. The quantitative estimate of drug-likeness (QED) is 0.673. The fourth-order valence-corrected chi connectivity index (χ4v) is 2.30. The fourth-order valence-electron chi connectivity index (χ4n) is 1.18. The van der Waals surface area contributed by atoms with Crippen LogP contribution in [0.4, 0.5) is 5.82 Å². The van der Waals surface area contributed by atoms with E-state index in [1.165, 1.54) is 11.8 Å². The molecule has 82 valence electrons. The van der Waals surface area contributed by atoms with Crippen molar-refractivity contribution in [1.29, 1.82) is 0 Å². The van der Waals surface area contributed by atoms with E-state index < -0.39 is 0 Å². The number of halogens is 1. The molecule has 1 aromatic heterocycles. The number of anilines is 1. The van der Waals surface area contributed by atoms with Gasteiger partial charge in [0.2, 0.25) is 0 Å². The molecule has 0 atom stereocenters. The Balaban J connectivity index is 2.05. The van der Waals surface area contributed by atoms with E-state index in [0.29, 0.717) is 11.0 Å². The number of nitrogens with zero attached hydrogens (tertiary/aromatic N) is 2. The van der Waals surface area contributed by atoms with Gasteiger partial charge in [0.25, 0.3) is 0 Å². The van der Waals surface area contributed by atoms with Gasteiger partial charge in [-0.3, -0.25) is 0 Å². The zero-order chi connectivity index (χ0) is 11.4. The maximum atomic E-state index is 6.04. The summed E-state index contributed by atoms with van der Waals surface area (Å²) in [4.78, 5) is 8.22. The molecule has 16 heavy (non-hydrogen) atoms. The molecule has 3 nitrogen and oxygen atoms in total. The number of rotatable bonds is 3. The number of hydrogen-bond donors (Lipinski definition) is 1. The maximum absolute atomic E-state index is 6.04. The van der Waals surface area contributed by atoms with Gasteiger partial charge in [0.15, 0.2) is 5.16 Å². The predicted octanol–water partition coefficient (Wildman–Crippen LogP) is 3.00. The van der Waals surface area contributed by atoms with Gasteiger partial charge in [-0.25, -0.2) is 9.97 Å². The second kappa shape index (κ2) is 5.18. The van der Waals surface area contributed by atoms with E-state index in [0.717, 1.165) is 16.3 Å². The van der Waals surface area contributed by atoms with Crippen LogP contribution < -0.4 is 5.73 Å².